The molecule has 134 valence electrons. The monoisotopic (exact) mass is 356 g/mol. The van der Waals surface area contributed by atoms with E-state index in [4.69, 9.17) is 4.74 Å². The molecule has 1 aromatic heterocycles. The lowest BCUT2D eigenvalue weighted by Crippen LogP contribution is -2.15. The number of aromatic nitrogens is 1. The summed E-state index contributed by atoms with van der Waals surface area (Å²) in [5.41, 5.74) is 2.61. The summed E-state index contributed by atoms with van der Waals surface area (Å²) < 4.78 is 31.8. The number of amides is 1. The number of H-pyrrole nitrogens is 1. The number of hydrogen-bond donors (Lipinski definition) is 2. The van der Waals surface area contributed by atoms with Crippen LogP contribution in [-0.2, 0) is 4.74 Å². The second-order valence-electron chi connectivity index (χ2n) is 6.53. The van der Waals surface area contributed by atoms with Gasteiger partial charge in [0.1, 0.15) is 5.69 Å². The van der Waals surface area contributed by atoms with Crippen molar-refractivity contribution >= 4 is 22.5 Å². The third-order valence-electron chi connectivity index (χ3n) is 4.70. The molecule has 0 radical (unpaired) electrons. The van der Waals surface area contributed by atoms with E-state index in [0.717, 1.165) is 49.1 Å². The maximum atomic E-state index is 13.3. The number of anilines is 1. The molecule has 3 aromatic rings. The van der Waals surface area contributed by atoms with Crippen LogP contribution in [0.5, 0.6) is 0 Å². The Morgan fingerprint density at radius 1 is 1.12 bits per heavy atom. The molecule has 26 heavy (non-hydrogen) atoms. The van der Waals surface area contributed by atoms with Gasteiger partial charge in [-0.3, -0.25) is 4.79 Å². The number of nitrogens with one attached hydrogen (secondary N) is 2. The first-order valence-electron chi connectivity index (χ1n) is 8.57. The molecule has 1 amide bonds. The minimum Gasteiger partial charge on any atom is -0.381 e. The highest BCUT2D eigenvalue weighted by atomic mass is 19.2. The molecule has 0 spiro atoms. The summed E-state index contributed by atoms with van der Waals surface area (Å²) in [4.78, 5) is 15.4. The van der Waals surface area contributed by atoms with Crippen LogP contribution in [0.4, 0.5) is 14.5 Å². The minimum atomic E-state index is -1.00. The van der Waals surface area contributed by atoms with Gasteiger partial charge in [0.25, 0.3) is 5.91 Å². The van der Waals surface area contributed by atoms with Crippen LogP contribution in [0.25, 0.3) is 10.9 Å². The zero-order chi connectivity index (χ0) is 18.1. The number of ether oxygens (including phenoxy) is 1. The maximum absolute atomic E-state index is 13.3. The zero-order valence-electron chi connectivity index (χ0n) is 14.0. The standard InChI is InChI=1S/C20H18F2N2O2/c21-16-5-4-15(10-17(16)22)23-20(25)19-9-14-8-12(3-6-18(14)24-19)13-2-1-7-26-11-13/h3-6,8-10,13,24H,1-2,7,11H2,(H,23,25). The number of halogens is 2. The number of fused-ring (bicyclic) bond motifs is 1. The third-order valence-corrected chi connectivity index (χ3v) is 4.70. The Hall–Kier alpha value is -2.73. The quantitative estimate of drug-likeness (QED) is 0.721. The van der Waals surface area contributed by atoms with Gasteiger partial charge in [-0.15, -0.1) is 0 Å². The van der Waals surface area contributed by atoms with Crippen molar-refractivity contribution in [2.45, 2.75) is 18.8 Å². The van der Waals surface area contributed by atoms with Crippen molar-refractivity contribution in [3.05, 3.63) is 65.4 Å². The average Bonchev–Trinajstić information content (AvgIpc) is 3.09. The highest BCUT2D eigenvalue weighted by Gasteiger charge is 2.17. The Labute approximate surface area is 149 Å². The number of carbonyl (C=O) groups excluding carboxylic acids is 1. The van der Waals surface area contributed by atoms with E-state index in [0.29, 0.717) is 11.6 Å². The van der Waals surface area contributed by atoms with E-state index in [2.05, 4.69) is 22.4 Å². The first-order valence-corrected chi connectivity index (χ1v) is 8.57. The smallest absolute Gasteiger partial charge is 0.272 e. The molecular weight excluding hydrogens is 338 g/mol. The molecule has 1 saturated heterocycles. The highest BCUT2D eigenvalue weighted by molar-refractivity contribution is 6.06. The molecule has 4 rings (SSSR count). The second kappa shape index (κ2) is 6.88. The SMILES string of the molecule is O=C(Nc1ccc(F)c(F)c1)c1cc2cc(C3CCCOC3)ccc2[nH]1. The third kappa shape index (κ3) is 3.32. The van der Waals surface area contributed by atoms with Gasteiger partial charge >= 0.3 is 0 Å². The molecule has 2 heterocycles. The summed E-state index contributed by atoms with van der Waals surface area (Å²) in [5.74, 6) is -1.98. The van der Waals surface area contributed by atoms with Crippen LogP contribution in [0, 0.1) is 11.6 Å². The van der Waals surface area contributed by atoms with E-state index in [-0.39, 0.29) is 5.69 Å². The topological polar surface area (TPSA) is 54.1 Å². The number of hydrogen-bond acceptors (Lipinski definition) is 2. The lowest BCUT2D eigenvalue weighted by Gasteiger charge is -2.22. The molecule has 6 heteroatoms. The van der Waals surface area contributed by atoms with Crippen molar-refractivity contribution in [1.82, 2.24) is 4.98 Å². The van der Waals surface area contributed by atoms with Gasteiger partial charge < -0.3 is 15.0 Å². The van der Waals surface area contributed by atoms with Gasteiger partial charge in [-0.1, -0.05) is 6.07 Å². The van der Waals surface area contributed by atoms with Crippen molar-refractivity contribution in [2.24, 2.45) is 0 Å². The van der Waals surface area contributed by atoms with Crippen LogP contribution in [0.3, 0.4) is 0 Å². The van der Waals surface area contributed by atoms with E-state index in [1.807, 2.05) is 6.07 Å². The van der Waals surface area contributed by atoms with Crippen LogP contribution in [0.1, 0.15) is 34.8 Å². The normalized spacial score (nSPS) is 17.4. The summed E-state index contributed by atoms with van der Waals surface area (Å²) in [6.07, 6.45) is 2.15. The molecule has 1 unspecified atom stereocenters. The molecule has 1 aliphatic rings. The van der Waals surface area contributed by atoms with Crippen molar-refractivity contribution in [3.63, 3.8) is 0 Å². The number of rotatable bonds is 3. The summed E-state index contributed by atoms with van der Waals surface area (Å²) in [6, 6.07) is 11.1. The van der Waals surface area contributed by atoms with Gasteiger partial charge in [-0.2, -0.15) is 0 Å². The van der Waals surface area contributed by atoms with Crippen molar-refractivity contribution < 1.29 is 18.3 Å². The molecule has 4 nitrogen and oxygen atoms in total. The van der Waals surface area contributed by atoms with Crippen LogP contribution in [0.15, 0.2) is 42.5 Å². The van der Waals surface area contributed by atoms with E-state index in [1.165, 1.54) is 11.6 Å². The molecule has 0 aliphatic carbocycles. The second-order valence-corrected chi connectivity index (χ2v) is 6.53. The van der Waals surface area contributed by atoms with Crippen molar-refractivity contribution in [1.29, 1.82) is 0 Å². The Bertz CT molecular complexity index is 962. The van der Waals surface area contributed by atoms with E-state index >= 15 is 0 Å². The Morgan fingerprint density at radius 3 is 2.77 bits per heavy atom. The fourth-order valence-corrected chi connectivity index (χ4v) is 3.30. The lowest BCUT2D eigenvalue weighted by atomic mass is 9.93. The summed E-state index contributed by atoms with van der Waals surface area (Å²) >= 11 is 0. The molecule has 2 N–H and O–H groups in total. The van der Waals surface area contributed by atoms with Crippen LogP contribution < -0.4 is 5.32 Å². The first kappa shape index (κ1) is 16.7. The fraction of sp³-hybridized carbons (Fsp3) is 0.250. The van der Waals surface area contributed by atoms with Crippen molar-refractivity contribution in [2.75, 3.05) is 18.5 Å². The van der Waals surface area contributed by atoms with Crippen molar-refractivity contribution in [3.8, 4) is 0 Å². The molecular formula is C20H18F2N2O2. The van der Waals surface area contributed by atoms with Crippen LogP contribution >= 0.6 is 0 Å². The number of aromatic amines is 1. The van der Waals surface area contributed by atoms with E-state index in [9.17, 15) is 13.6 Å². The molecule has 2 aromatic carbocycles. The maximum Gasteiger partial charge on any atom is 0.272 e. The largest absolute Gasteiger partial charge is 0.381 e. The summed E-state index contributed by atoms with van der Waals surface area (Å²) in [6.45, 7) is 1.54. The minimum absolute atomic E-state index is 0.201. The Kier molecular flexibility index (Phi) is 4.42. The Balaban J connectivity index is 1.56. The molecule has 0 bridgehead atoms. The van der Waals surface area contributed by atoms with Gasteiger partial charge in [0, 0.05) is 35.2 Å². The van der Waals surface area contributed by atoms with Gasteiger partial charge in [-0.25, -0.2) is 8.78 Å². The number of benzene rings is 2. The average molecular weight is 356 g/mol. The van der Waals surface area contributed by atoms with Gasteiger partial charge in [0.2, 0.25) is 0 Å². The highest BCUT2D eigenvalue weighted by Crippen LogP contribution is 2.28. The predicted octanol–water partition coefficient (Wildman–Crippen LogP) is 4.59. The predicted molar refractivity (Wildman–Crippen MR) is 95.4 cm³/mol. The van der Waals surface area contributed by atoms with Crippen LogP contribution in [-0.4, -0.2) is 24.1 Å². The van der Waals surface area contributed by atoms with Gasteiger partial charge in [-0.05, 0) is 48.7 Å². The van der Waals surface area contributed by atoms with Crippen LogP contribution in [0.2, 0.25) is 0 Å². The summed E-state index contributed by atoms with van der Waals surface area (Å²) in [5, 5.41) is 3.50. The van der Waals surface area contributed by atoms with Gasteiger partial charge in [0.15, 0.2) is 11.6 Å². The fourth-order valence-electron chi connectivity index (χ4n) is 3.30. The molecule has 1 atom stereocenters. The number of carbonyl (C=O) groups is 1. The van der Waals surface area contributed by atoms with E-state index in [1.54, 1.807) is 6.07 Å². The zero-order valence-corrected chi connectivity index (χ0v) is 14.0. The first-order chi connectivity index (χ1) is 12.6. The molecule has 0 saturated carbocycles. The summed E-state index contributed by atoms with van der Waals surface area (Å²) in [7, 11) is 0. The van der Waals surface area contributed by atoms with Gasteiger partial charge in [0.05, 0.1) is 6.61 Å². The Morgan fingerprint density at radius 2 is 2.00 bits per heavy atom. The molecule has 1 aliphatic heterocycles. The molecule has 1 fully saturated rings. The lowest BCUT2D eigenvalue weighted by molar-refractivity contribution is 0.0805. The van der Waals surface area contributed by atoms with E-state index < -0.39 is 17.5 Å².